The minimum absolute atomic E-state index is 0.174. The molecule has 1 unspecified atom stereocenters. The molecule has 0 aliphatic carbocycles. The lowest BCUT2D eigenvalue weighted by Gasteiger charge is -2.31. The Morgan fingerprint density at radius 2 is 2.12 bits per heavy atom. The number of piperidine rings is 1. The Bertz CT molecular complexity index is 712. The number of aromatic nitrogens is 3. The molecule has 0 spiro atoms. The smallest absolute Gasteiger partial charge is 0.235 e. The van der Waals surface area contributed by atoms with Gasteiger partial charge in [0.05, 0.1) is 10.9 Å². The summed E-state index contributed by atoms with van der Waals surface area (Å²) in [5, 5.41) is 9.31. The molecule has 3 rings (SSSR count). The summed E-state index contributed by atoms with van der Waals surface area (Å²) >= 11 is 7.50. The second-order valence-electron chi connectivity index (χ2n) is 6.23. The van der Waals surface area contributed by atoms with Gasteiger partial charge in [0.25, 0.3) is 0 Å². The van der Waals surface area contributed by atoms with Crippen LogP contribution in [0.25, 0.3) is 5.69 Å². The summed E-state index contributed by atoms with van der Waals surface area (Å²) in [5.41, 5.74) is 0.890. The first kappa shape index (κ1) is 17.3. The first-order valence-electron chi connectivity index (χ1n) is 8.16. The lowest BCUT2D eigenvalue weighted by molar-refractivity contribution is -0.131. The molecule has 2 aromatic rings. The normalized spacial score (nSPS) is 17.0. The van der Waals surface area contributed by atoms with Crippen molar-refractivity contribution in [2.45, 2.75) is 37.1 Å². The van der Waals surface area contributed by atoms with E-state index in [-0.39, 0.29) is 11.2 Å². The number of benzene rings is 1. The van der Waals surface area contributed by atoms with E-state index in [0.717, 1.165) is 31.6 Å². The molecule has 128 valence electrons. The Kier molecular flexibility index (Phi) is 5.46. The van der Waals surface area contributed by atoms with Crippen LogP contribution in [-0.4, -0.2) is 43.9 Å². The molecule has 0 radical (unpaired) electrons. The third kappa shape index (κ3) is 3.92. The number of halogens is 1. The molecule has 1 aliphatic rings. The van der Waals surface area contributed by atoms with Crippen LogP contribution < -0.4 is 0 Å². The van der Waals surface area contributed by atoms with Crippen molar-refractivity contribution in [3.63, 3.8) is 0 Å². The highest BCUT2D eigenvalue weighted by atomic mass is 35.5. The molecule has 1 saturated heterocycles. The quantitative estimate of drug-likeness (QED) is 0.777. The summed E-state index contributed by atoms with van der Waals surface area (Å²) in [5.74, 6) is 0.885. The average Bonchev–Trinajstić information content (AvgIpc) is 3.03. The summed E-state index contributed by atoms with van der Waals surface area (Å²) in [6.07, 6.45) is 3.82. The second kappa shape index (κ2) is 7.57. The predicted octanol–water partition coefficient (Wildman–Crippen LogP) is 3.66. The number of carbonyl (C=O) groups excluding carboxylic acids is 1. The van der Waals surface area contributed by atoms with E-state index in [1.807, 2.05) is 40.7 Å². The highest BCUT2D eigenvalue weighted by Crippen LogP contribution is 2.27. The van der Waals surface area contributed by atoms with E-state index < -0.39 is 0 Å². The maximum atomic E-state index is 12.7. The zero-order valence-corrected chi connectivity index (χ0v) is 15.4. The molecular weight excluding hydrogens is 344 g/mol. The van der Waals surface area contributed by atoms with Gasteiger partial charge in [-0.2, -0.15) is 0 Å². The van der Waals surface area contributed by atoms with Gasteiger partial charge in [-0.1, -0.05) is 36.4 Å². The van der Waals surface area contributed by atoms with Crippen molar-refractivity contribution in [2.75, 3.05) is 13.1 Å². The van der Waals surface area contributed by atoms with Gasteiger partial charge in [0.2, 0.25) is 5.91 Å². The molecule has 5 nitrogen and oxygen atoms in total. The molecule has 1 amide bonds. The number of carbonyl (C=O) groups is 1. The Hall–Kier alpha value is -1.53. The molecule has 0 bridgehead atoms. The fourth-order valence-electron chi connectivity index (χ4n) is 2.80. The SMILES string of the molecule is CC1CCN(C(=O)C(C)Sc2nncn2-c2cccc(Cl)c2)CC1. The molecule has 2 heterocycles. The number of likely N-dealkylation sites (tertiary alicyclic amines) is 1. The average molecular weight is 365 g/mol. The van der Waals surface area contributed by atoms with Gasteiger partial charge in [-0.25, -0.2) is 0 Å². The van der Waals surface area contributed by atoms with Crippen molar-refractivity contribution in [3.05, 3.63) is 35.6 Å². The molecule has 1 aromatic carbocycles. The Morgan fingerprint density at radius 3 is 2.83 bits per heavy atom. The van der Waals surface area contributed by atoms with E-state index in [0.29, 0.717) is 16.1 Å². The van der Waals surface area contributed by atoms with Crippen LogP contribution in [0.15, 0.2) is 35.7 Å². The van der Waals surface area contributed by atoms with Gasteiger partial charge in [0.15, 0.2) is 5.16 Å². The Morgan fingerprint density at radius 1 is 1.38 bits per heavy atom. The zero-order chi connectivity index (χ0) is 17.1. The molecule has 1 atom stereocenters. The highest BCUT2D eigenvalue weighted by Gasteiger charge is 2.26. The van der Waals surface area contributed by atoms with Crippen LogP contribution in [0.3, 0.4) is 0 Å². The van der Waals surface area contributed by atoms with Crippen LogP contribution in [0.1, 0.15) is 26.7 Å². The van der Waals surface area contributed by atoms with Crippen LogP contribution >= 0.6 is 23.4 Å². The molecular formula is C17H21ClN4OS. The van der Waals surface area contributed by atoms with Crippen molar-refractivity contribution in [1.82, 2.24) is 19.7 Å². The molecule has 1 aromatic heterocycles. The van der Waals surface area contributed by atoms with E-state index >= 15 is 0 Å². The van der Waals surface area contributed by atoms with Gasteiger partial charge in [-0.15, -0.1) is 10.2 Å². The van der Waals surface area contributed by atoms with Crippen molar-refractivity contribution in [1.29, 1.82) is 0 Å². The van der Waals surface area contributed by atoms with Crippen LogP contribution in [0.4, 0.5) is 0 Å². The summed E-state index contributed by atoms with van der Waals surface area (Å²) < 4.78 is 1.86. The van der Waals surface area contributed by atoms with Gasteiger partial charge in [-0.3, -0.25) is 9.36 Å². The largest absolute Gasteiger partial charge is 0.342 e. The minimum Gasteiger partial charge on any atom is -0.342 e. The van der Waals surface area contributed by atoms with E-state index in [2.05, 4.69) is 17.1 Å². The van der Waals surface area contributed by atoms with Crippen LogP contribution in [-0.2, 0) is 4.79 Å². The molecule has 0 N–H and O–H groups in total. The van der Waals surface area contributed by atoms with Crippen LogP contribution in [0.2, 0.25) is 5.02 Å². The minimum atomic E-state index is -0.194. The lowest BCUT2D eigenvalue weighted by Crippen LogP contribution is -2.41. The molecule has 1 fully saturated rings. The van der Waals surface area contributed by atoms with Crippen LogP contribution in [0, 0.1) is 5.92 Å². The standard InChI is InChI=1S/C17H21ClN4OS/c1-12-6-8-21(9-7-12)16(23)13(2)24-17-20-19-11-22(17)15-5-3-4-14(18)10-15/h3-5,10-13H,6-9H2,1-2H3. The summed E-state index contributed by atoms with van der Waals surface area (Å²) in [4.78, 5) is 14.6. The first-order valence-corrected chi connectivity index (χ1v) is 9.42. The number of amides is 1. The molecule has 7 heteroatoms. The van der Waals surface area contributed by atoms with E-state index in [4.69, 9.17) is 11.6 Å². The number of hydrogen-bond donors (Lipinski definition) is 0. The summed E-state index contributed by atoms with van der Waals surface area (Å²) in [6, 6.07) is 7.51. The first-order chi connectivity index (χ1) is 11.5. The second-order valence-corrected chi connectivity index (χ2v) is 7.98. The van der Waals surface area contributed by atoms with Gasteiger partial charge >= 0.3 is 0 Å². The molecule has 24 heavy (non-hydrogen) atoms. The van der Waals surface area contributed by atoms with Gasteiger partial charge in [0, 0.05) is 18.1 Å². The summed E-state index contributed by atoms with van der Waals surface area (Å²) in [6.45, 7) is 5.88. The monoisotopic (exact) mass is 364 g/mol. The number of rotatable bonds is 4. The van der Waals surface area contributed by atoms with E-state index in [9.17, 15) is 4.79 Å². The van der Waals surface area contributed by atoms with E-state index in [1.54, 1.807) is 6.33 Å². The van der Waals surface area contributed by atoms with Gasteiger partial charge < -0.3 is 4.90 Å². The number of nitrogens with zero attached hydrogens (tertiary/aromatic N) is 4. The van der Waals surface area contributed by atoms with Crippen molar-refractivity contribution >= 4 is 29.3 Å². The zero-order valence-electron chi connectivity index (χ0n) is 13.9. The van der Waals surface area contributed by atoms with E-state index in [1.165, 1.54) is 11.8 Å². The summed E-state index contributed by atoms with van der Waals surface area (Å²) in [7, 11) is 0. The highest BCUT2D eigenvalue weighted by molar-refractivity contribution is 8.00. The van der Waals surface area contributed by atoms with Crippen LogP contribution in [0.5, 0.6) is 0 Å². The fraction of sp³-hybridized carbons (Fsp3) is 0.471. The van der Waals surface area contributed by atoms with Crippen molar-refractivity contribution in [3.8, 4) is 5.69 Å². The Labute approximate surface area is 151 Å². The van der Waals surface area contributed by atoms with Gasteiger partial charge in [0.1, 0.15) is 6.33 Å². The fourth-order valence-corrected chi connectivity index (χ4v) is 3.91. The number of thioether (sulfide) groups is 1. The van der Waals surface area contributed by atoms with Gasteiger partial charge in [-0.05, 0) is 43.9 Å². The maximum absolute atomic E-state index is 12.7. The topological polar surface area (TPSA) is 51.0 Å². The third-order valence-electron chi connectivity index (χ3n) is 4.33. The van der Waals surface area contributed by atoms with Crippen molar-refractivity contribution < 1.29 is 4.79 Å². The van der Waals surface area contributed by atoms with Crippen molar-refractivity contribution in [2.24, 2.45) is 5.92 Å². The maximum Gasteiger partial charge on any atom is 0.235 e. The Balaban J connectivity index is 1.70. The molecule has 1 aliphatic heterocycles. The predicted molar refractivity (Wildman–Crippen MR) is 96.7 cm³/mol. The lowest BCUT2D eigenvalue weighted by atomic mass is 9.99. The third-order valence-corrected chi connectivity index (χ3v) is 5.61. The number of hydrogen-bond acceptors (Lipinski definition) is 4. The molecule has 0 saturated carbocycles.